The van der Waals surface area contributed by atoms with Crippen molar-refractivity contribution in [1.29, 1.82) is 0 Å². The standard InChI is InChI=1S/C26H32FN3O5/c1-17(2)26(32)29(12-13-33-3)16-25(31)30-23(20-14-18(34-4)10-11-24(20)35-5)15-22(28-30)19-8-6-7-9-21(19)27/h6-11,14,17,23H,12-13,15-16H2,1-5H3/t23-/m0/s1. The molecule has 0 unspecified atom stereocenters. The molecule has 0 radical (unpaired) electrons. The number of benzene rings is 2. The first-order chi connectivity index (χ1) is 16.8. The number of nitrogens with zero attached hydrogens (tertiary/aromatic N) is 3. The van der Waals surface area contributed by atoms with E-state index in [1.54, 1.807) is 64.5 Å². The first-order valence-electron chi connectivity index (χ1n) is 11.4. The summed E-state index contributed by atoms with van der Waals surface area (Å²) in [5.41, 5.74) is 1.43. The molecule has 1 atom stereocenters. The molecular weight excluding hydrogens is 453 g/mol. The van der Waals surface area contributed by atoms with E-state index in [0.29, 0.717) is 34.9 Å². The van der Waals surface area contributed by atoms with E-state index in [2.05, 4.69) is 5.10 Å². The third-order valence-electron chi connectivity index (χ3n) is 5.84. The minimum Gasteiger partial charge on any atom is -0.497 e. The van der Waals surface area contributed by atoms with Gasteiger partial charge >= 0.3 is 0 Å². The molecule has 0 saturated heterocycles. The fourth-order valence-corrected chi connectivity index (χ4v) is 4.01. The Morgan fingerprint density at radius 3 is 2.51 bits per heavy atom. The zero-order valence-corrected chi connectivity index (χ0v) is 20.8. The number of carbonyl (C=O) groups excluding carboxylic acids is 2. The lowest BCUT2D eigenvalue weighted by atomic mass is 9.97. The molecule has 0 N–H and O–H groups in total. The second kappa shape index (κ2) is 11.8. The van der Waals surface area contributed by atoms with E-state index >= 15 is 0 Å². The summed E-state index contributed by atoms with van der Waals surface area (Å²) in [4.78, 5) is 27.8. The summed E-state index contributed by atoms with van der Waals surface area (Å²) in [6.45, 7) is 3.94. The van der Waals surface area contributed by atoms with Gasteiger partial charge in [-0.2, -0.15) is 5.10 Å². The second-order valence-electron chi connectivity index (χ2n) is 8.50. The monoisotopic (exact) mass is 485 g/mol. The first-order valence-corrected chi connectivity index (χ1v) is 11.4. The molecule has 0 saturated carbocycles. The first kappa shape index (κ1) is 26.2. The van der Waals surface area contributed by atoms with Gasteiger partial charge in [0, 0.05) is 37.1 Å². The Morgan fingerprint density at radius 1 is 1.14 bits per heavy atom. The number of hydrogen-bond donors (Lipinski definition) is 0. The molecule has 1 aliphatic rings. The number of halogens is 1. The zero-order chi connectivity index (χ0) is 25.5. The van der Waals surface area contributed by atoms with Gasteiger partial charge in [-0.25, -0.2) is 9.40 Å². The highest BCUT2D eigenvalue weighted by Crippen LogP contribution is 2.39. The number of hydrogen-bond acceptors (Lipinski definition) is 6. The maximum atomic E-state index is 14.6. The van der Waals surface area contributed by atoms with E-state index in [1.807, 2.05) is 0 Å². The Hall–Kier alpha value is -3.46. The van der Waals surface area contributed by atoms with Gasteiger partial charge in [0.2, 0.25) is 5.91 Å². The summed E-state index contributed by atoms with van der Waals surface area (Å²) in [7, 11) is 4.63. The predicted octanol–water partition coefficient (Wildman–Crippen LogP) is 3.65. The lowest BCUT2D eigenvalue weighted by Gasteiger charge is -2.28. The van der Waals surface area contributed by atoms with Crippen LogP contribution in [0, 0.1) is 11.7 Å². The number of ether oxygens (including phenoxy) is 3. The SMILES string of the molecule is COCCN(CC(=O)N1N=C(c2ccccc2F)C[C@H]1c1cc(OC)ccc1OC)C(=O)C(C)C. The molecule has 35 heavy (non-hydrogen) atoms. The molecule has 8 nitrogen and oxygen atoms in total. The Bertz CT molecular complexity index is 1090. The van der Waals surface area contributed by atoms with Crippen LogP contribution in [0.25, 0.3) is 0 Å². The number of hydrazone groups is 1. The second-order valence-corrected chi connectivity index (χ2v) is 8.50. The average Bonchev–Trinajstić information content (AvgIpc) is 3.31. The molecule has 9 heteroatoms. The van der Waals surface area contributed by atoms with Crippen LogP contribution in [0.3, 0.4) is 0 Å². The van der Waals surface area contributed by atoms with Gasteiger partial charge in [-0.05, 0) is 24.3 Å². The molecule has 0 aromatic heterocycles. The van der Waals surface area contributed by atoms with Gasteiger partial charge in [0.05, 0.1) is 32.6 Å². The highest BCUT2D eigenvalue weighted by Gasteiger charge is 2.37. The van der Waals surface area contributed by atoms with Crippen LogP contribution < -0.4 is 9.47 Å². The van der Waals surface area contributed by atoms with Gasteiger partial charge in [-0.15, -0.1) is 0 Å². The van der Waals surface area contributed by atoms with Crippen LogP contribution in [0.5, 0.6) is 11.5 Å². The Kier molecular flexibility index (Phi) is 8.81. The summed E-state index contributed by atoms with van der Waals surface area (Å²) in [5, 5.41) is 5.87. The number of carbonyl (C=O) groups is 2. The van der Waals surface area contributed by atoms with Crippen molar-refractivity contribution in [2.75, 3.05) is 41.0 Å². The number of amides is 2. The largest absolute Gasteiger partial charge is 0.497 e. The minimum absolute atomic E-state index is 0.164. The quantitative estimate of drug-likeness (QED) is 0.513. The molecule has 0 fully saturated rings. The lowest BCUT2D eigenvalue weighted by Crippen LogP contribution is -2.44. The number of rotatable bonds is 10. The third-order valence-corrected chi connectivity index (χ3v) is 5.84. The van der Waals surface area contributed by atoms with Crippen LogP contribution in [0.15, 0.2) is 47.6 Å². The summed E-state index contributed by atoms with van der Waals surface area (Å²) in [6, 6.07) is 11.0. The van der Waals surface area contributed by atoms with Crippen molar-refractivity contribution in [2.45, 2.75) is 26.3 Å². The average molecular weight is 486 g/mol. The van der Waals surface area contributed by atoms with E-state index < -0.39 is 17.8 Å². The Morgan fingerprint density at radius 2 is 1.89 bits per heavy atom. The maximum Gasteiger partial charge on any atom is 0.262 e. The Balaban J connectivity index is 2.01. The van der Waals surface area contributed by atoms with Crippen molar-refractivity contribution >= 4 is 17.5 Å². The molecule has 1 aliphatic heterocycles. The van der Waals surface area contributed by atoms with Gasteiger partial charge in [-0.1, -0.05) is 32.0 Å². The van der Waals surface area contributed by atoms with Crippen LogP contribution in [0.1, 0.15) is 37.4 Å². The van der Waals surface area contributed by atoms with Crippen molar-refractivity contribution in [1.82, 2.24) is 9.91 Å². The third kappa shape index (κ3) is 5.97. The van der Waals surface area contributed by atoms with Crippen molar-refractivity contribution < 1.29 is 28.2 Å². The number of methoxy groups -OCH3 is 3. The minimum atomic E-state index is -0.569. The molecule has 2 amide bonds. The highest BCUT2D eigenvalue weighted by molar-refractivity contribution is 6.03. The van der Waals surface area contributed by atoms with E-state index in [1.165, 1.54) is 23.1 Å². The highest BCUT2D eigenvalue weighted by atomic mass is 19.1. The van der Waals surface area contributed by atoms with E-state index in [-0.39, 0.29) is 31.3 Å². The summed E-state index contributed by atoms with van der Waals surface area (Å²) in [6.07, 6.45) is 0.270. The molecule has 2 aromatic rings. The van der Waals surface area contributed by atoms with Crippen molar-refractivity contribution in [2.24, 2.45) is 11.0 Å². The molecule has 0 bridgehead atoms. The van der Waals surface area contributed by atoms with Crippen molar-refractivity contribution in [3.05, 3.63) is 59.4 Å². The topological polar surface area (TPSA) is 80.7 Å². The van der Waals surface area contributed by atoms with E-state index in [0.717, 1.165) is 0 Å². The summed E-state index contributed by atoms with van der Waals surface area (Å²) < 4.78 is 30.7. The van der Waals surface area contributed by atoms with Crippen molar-refractivity contribution in [3.8, 4) is 11.5 Å². The molecule has 188 valence electrons. The predicted molar refractivity (Wildman–Crippen MR) is 130 cm³/mol. The summed E-state index contributed by atoms with van der Waals surface area (Å²) in [5.74, 6) is -0.129. The molecule has 0 aliphatic carbocycles. The maximum absolute atomic E-state index is 14.6. The summed E-state index contributed by atoms with van der Waals surface area (Å²) >= 11 is 0. The molecule has 2 aromatic carbocycles. The Labute approximate surface area is 205 Å². The fourth-order valence-electron chi connectivity index (χ4n) is 4.01. The van der Waals surface area contributed by atoms with E-state index in [9.17, 15) is 14.0 Å². The van der Waals surface area contributed by atoms with Gasteiger partial charge in [0.15, 0.2) is 0 Å². The van der Waals surface area contributed by atoms with Crippen LogP contribution in [0.2, 0.25) is 0 Å². The van der Waals surface area contributed by atoms with Crippen LogP contribution in [0.4, 0.5) is 4.39 Å². The lowest BCUT2D eigenvalue weighted by molar-refractivity contribution is -0.143. The normalized spacial score (nSPS) is 15.2. The van der Waals surface area contributed by atoms with Crippen LogP contribution in [-0.2, 0) is 14.3 Å². The fraction of sp³-hybridized carbons (Fsp3) is 0.423. The van der Waals surface area contributed by atoms with Crippen LogP contribution >= 0.6 is 0 Å². The van der Waals surface area contributed by atoms with Crippen LogP contribution in [-0.4, -0.2) is 68.5 Å². The van der Waals surface area contributed by atoms with Gasteiger partial charge in [-0.3, -0.25) is 9.59 Å². The van der Waals surface area contributed by atoms with Gasteiger partial charge < -0.3 is 19.1 Å². The van der Waals surface area contributed by atoms with Crippen molar-refractivity contribution in [3.63, 3.8) is 0 Å². The molecule has 0 spiro atoms. The molecular formula is C26H32FN3O5. The smallest absolute Gasteiger partial charge is 0.262 e. The molecule has 1 heterocycles. The van der Waals surface area contributed by atoms with Gasteiger partial charge in [0.1, 0.15) is 23.9 Å². The zero-order valence-electron chi connectivity index (χ0n) is 20.8. The van der Waals surface area contributed by atoms with Gasteiger partial charge in [0.25, 0.3) is 5.91 Å². The molecule has 3 rings (SSSR count). The van der Waals surface area contributed by atoms with E-state index in [4.69, 9.17) is 14.2 Å².